The Labute approximate surface area is 76.5 Å². The van der Waals surface area contributed by atoms with Gasteiger partial charge in [0, 0.05) is 10.7 Å². The summed E-state index contributed by atoms with van der Waals surface area (Å²) >= 11 is 4.76. The SMILES string of the molecule is O=COCc1nc(CBr)cs1. The minimum Gasteiger partial charge on any atom is -0.460 e. The molecule has 0 atom stereocenters. The van der Waals surface area contributed by atoms with E-state index in [1.54, 1.807) is 0 Å². The molecule has 0 spiro atoms. The van der Waals surface area contributed by atoms with Crippen LogP contribution in [0, 0.1) is 0 Å². The summed E-state index contributed by atoms with van der Waals surface area (Å²) in [6, 6.07) is 0. The predicted molar refractivity (Wildman–Crippen MR) is 45.6 cm³/mol. The number of nitrogens with zero attached hydrogens (tertiary/aromatic N) is 1. The third-order valence-corrected chi connectivity index (χ3v) is 2.46. The molecule has 1 aromatic heterocycles. The van der Waals surface area contributed by atoms with Gasteiger partial charge in [-0.3, -0.25) is 4.79 Å². The number of aromatic nitrogens is 1. The Bertz CT molecular complexity index is 238. The third-order valence-electron chi connectivity index (χ3n) is 1.01. The molecular formula is C6H6BrNO2S. The normalized spacial score (nSPS) is 9.55. The average molecular weight is 236 g/mol. The molecule has 3 nitrogen and oxygen atoms in total. The molecule has 0 N–H and O–H groups in total. The highest BCUT2D eigenvalue weighted by molar-refractivity contribution is 9.08. The van der Waals surface area contributed by atoms with Crippen LogP contribution in [0.15, 0.2) is 5.38 Å². The van der Waals surface area contributed by atoms with Gasteiger partial charge < -0.3 is 4.74 Å². The van der Waals surface area contributed by atoms with Crippen LogP contribution in [-0.4, -0.2) is 11.5 Å². The van der Waals surface area contributed by atoms with E-state index in [-0.39, 0.29) is 6.61 Å². The van der Waals surface area contributed by atoms with E-state index in [9.17, 15) is 4.79 Å². The fourth-order valence-corrected chi connectivity index (χ4v) is 1.80. The topological polar surface area (TPSA) is 39.2 Å². The van der Waals surface area contributed by atoms with Gasteiger partial charge in [-0.15, -0.1) is 11.3 Å². The Morgan fingerprint density at radius 2 is 2.64 bits per heavy atom. The summed E-state index contributed by atoms with van der Waals surface area (Å²) in [6.45, 7) is 0.705. The molecular weight excluding hydrogens is 230 g/mol. The van der Waals surface area contributed by atoms with Crippen LogP contribution in [0.25, 0.3) is 0 Å². The molecule has 1 rings (SSSR count). The molecule has 0 fully saturated rings. The fraction of sp³-hybridized carbons (Fsp3) is 0.333. The van der Waals surface area contributed by atoms with Crippen LogP contribution in [0.5, 0.6) is 0 Å². The lowest BCUT2D eigenvalue weighted by molar-refractivity contribution is -0.129. The number of alkyl halides is 1. The molecule has 0 amide bonds. The summed E-state index contributed by atoms with van der Waals surface area (Å²) in [6.07, 6.45) is 0. The Morgan fingerprint density at radius 1 is 1.82 bits per heavy atom. The fourth-order valence-electron chi connectivity index (χ4n) is 0.582. The summed E-state index contributed by atoms with van der Waals surface area (Å²) in [7, 11) is 0. The van der Waals surface area contributed by atoms with Gasteiger partial charge in [0.2, 0.25) is 0 Å². The second-order valence-corrected chi connectivity index (χ2v) is 3.28. The summed E-state index contributed by atoms with van der Waals surface area (Å²) in [5.74, 6) is 0. The van der Waals surface area contributed by atoms with Gasteiger partial charge in [-0.05, 0) is 0 Å². The zero-order valence-corrected chi connectivity index (χ0v) is 8.02. The maximum Gasteiger partial charge on any atom is 0.293 e. The van der Waals surface area contributed by atoms with Crippen molar-refractivity contribution in [1.82, 2.24) is 4.98 Å². The number of carbonyl (C=O) groups excluding carboxylic acids is 1. The number of hydrogen-bond donors (Lipinski definition) is 0. The first kappa shape index (κ1) is 8.67. The second-order valence-electron chi connectivity index (χ2n) is 1.77. The van der Waals surface area contributed by atoms with Gasteiger partial charge in [-0.1, -0.05) is 15.9 Å². The first-order valence-electron chi connectivity index (χ1n) is 2.91. The summed E-state index contributed by atoms with van der Waals surface area (Å²) in [5, 5.41) is 3.49. The van der Waals surface area contributed by atoms with Crippen LogP contribution in [0.4, 0.5) is 0 Å². The van der Waals surface area contributed by atoms with Crippen LogP contribution in [0.1, 0.15) is 10.7 Å². The zero-order chi connectivity index (χ0) is 8.10. The largest absolute Gasteiger partial charge is 0.460 e. The molecule has 0 radical (unpaired) electrons. The number of carbonyl (C=O) groups is 1. The van der Waals surface area contributed by atoms with Gasteiger partial charge >= 0.3 is 0 Å². The van der Waals surface area contributed by atoms with Gasteiger partial charge in [0.1, 0.15) is 11.6 Å². The van der Waals surface area contributed by atoms with Gasteiger partial charge in [0.15, 0.2) is 0 Å². The number of hydrogen-bond acceptors (Lipinski definition) is 4. The van der Waals surface area contributed by atoms with E-state index in [1.807, 2.05) is 5.38 Å². The first-order chi connectivity index (χ1) is 5.36. The molecule has 0 aliphatic rings. The molecule has 5 heteroatoms. The molecule has 0 aliphatic carbocycles. The van der Waals surface area contributed by atoms with Gasteiger partial charge in [0.05, 0.1) is 5.69 Å². The van der Waals surface area contributed by atoms with Gasteiger partial charge in [-0.2, -0.15) is 0 Å². The van der Waals surface area contributed by atoms with E-state index >= 15 is 0 Å². The Morgan fingerprint density at radius 3 is 3.18 bits per heavy atom. The molecule has 0 saturated heterocycles. The van der Waals surface area contributed by atoms with E-state index in [0.29, 0.717) is 6.47 Å². The number of rotatable bonds is 4. The summed E-state index contributed by atoms with van der Waals surface area (Å²) in [5.41, 5.74) is 0.972. The molecule has 0 bridgehead atoms. The molecule has 1 heterocycles. The standard InChI is InChI=1S/C6H6BrNO2S/c7-1-5-3-11-6(8-5)2-10-4-9/h3-4H,1-2H2. The van der Waals surface area contributed by atoms with Crippen molar-refractivity contribution in [1.29, 1.82) is 0 Å². The Hall–Kier alpha value is -0.420. The average Bonchev–Trinajstić information content (AvgIpc) is 2.48. The van der Waals surface area contributed by atoms with Crippen LogP contribution >= 0.6 is 27.3 Å². The van der Waals surface area contributed by atoms with Crippen molar-refractivity contribution in [3.05, 3.63) is 16.1 Å². The van der Waals surface area contributed by atoms with Crippen LogP contribution in [0.2, 0.25) is 0 Å². The van der Waals surface area contributed by atoms with Crippen molar-refractivity contribution in [2.24, 2.45) is 0 Å². The van der Waals surface area contributed by atoms with Crippen molar-refractivity contribution < 1.29 is 9.53 Å². The lowest BCUT2D eigenvalue weighted by Gasteiger charge is -1.90. The van der Waals surface area contributed by atoms with Crippen molar-refractivity contribution in [2.45, 2.75) is 11.9 Å². The number of thiazole rings is 1. The molecule has 1 aromatic rings. The second kappa shape index (κ2) is 4.46. The van der Waals surface area contributed by atoms with E-state index in [0.717, 1.165) is 16.0 Å². The smallest absolute Gasteiger partial charge is 0.293 e. The van der Waals surface area contributed by atoms with E-state index in [4.69, 9.17) is 0 Å². The van der Waals surface area contributed by atoms with E-state index in [2.05, 4.69) is 25.7 Å². The highest BCUT2D eigenvalue weighted by Crippen LogP contribution is 2.12. The highest BCUT2D eigenvalue weighted by Gasteiger charge is 1.99. The minimum atomic E-state index is 0.279. The van der Waals surface area contributed by atoms with Crippen LogP contribution in [-0.2, 0) is 21.5 Å². The van der Waals surface area contributed by atoms with Crippen molar-refractivity contribution in [3.63, 3.8) is 0 Å². The molecule has 0 saturated carbocycles. The van der Waals surface area contributed by atoms with E-state index < -0.39 is 0 Å². The molecule has 11 heavy (non-hydrogen) atoms. The van der Waals surface area contributed by atoms with Crippen molar-refractivity contribution in [2.75, 3.05) is 0 Å². The number of ether oxygens (including phenoxy) is 1. The van der Waals surface area contributed by atoms with Gasteiger partial charge in [-0.25, -0.2) is 4.98 Å². The van der Waals surface area contributed by atoms with Crippen LogP contribution < -0.4 is 0 Å². The first-order valence-corrected chi connectivity index (χ1v) is 4.91. The van der Waals surface area contributed by atoms with Crippen molar-refractivity contribution in [3.8, 4) is 0 Å². The lowest BCUT2D eigenvalue weighted by Crippen LogP contribution is -1.89. The number of halogens is 1. The van der Waals surface area contributed by atoms with Crippen LogP contribution in [0.3, 0.4) is 0 Å². The third kappa shape index (κ3) is 2.59. The molecule has 0 aromatic carbocycles. The maximum absolute atomic E-state index is 9.80. The molecule has 0 unspecified atom stereocenters. The van der Waals surface area contributed by atoms with Gasteiger partial charge in [0.25, 0.3) is 6.47 Å². The maximum atomic E-state index is 9.80. The van der Waals surface area contributed by atoms with E-state index in [1.165, 1.54) is 11.3 Å². The predicted octanol–water partition coefficient (Wildman–Crippen LogP) is 1.71. The monoisotopic (exact) mass is 235 g/mol. The van der Waals surface area contributed by atoms with Crippen molar-refractivity contribution >= 4 is 33.7 Å². The summed E-state index contributed by atoms with van der Waals surface area (Å²) in [4.78, 5) is 14.0. The Kier molecular flexibility index (Phi) is 3.51. The minimum absolute atomic E-state index is 0.279. The molecule has 60 valence electrons. The lowest BCUT2D eigenvalue weighted by atomic mass is 10.6. The quantitative estimate of drug-likeness (QED) is 0.590. The highest BCUT2D eigenvalue weighted by atomic mass is 79.9. The zero-order valence-electron chi connectivity index (χ0n) is 5.62. The molecule has 0 aliphatic heterocycles. The Balaban J connectivity index is 2.50. The summed E-state index contributed by atoms with van der Waals surface area (Å²) < 4.78 is 4.53.